The minimum Gasteiger partial charge on any atom is -0.303 e. The molecule has 0 amide bonds. The zero-order chi connectivity index (χ0) is 13.6. The fourth-order valence-corrected chi connectivity index (χ4v) is 3.58. The van der Waals surface area contributed by atoms with E-state index >= 15 is 0 Å². The lowest BCUT2D eigenvalue weighted by Crippen LogP contribution is -2.55. The van der Waals surface area contributed by atoms with Gasteiger partial charge in [0, 0.05) is 19.1 Å². The minimum absolute atomic E-state index is 0.237. The summed E-state index contributed by atoms with van der Waals surface area (Å²) in [6.07, 6.45) is 11.2. The van der Waals surface area contributed by atoms with E-state index < -0.39 is 0 Å². The third-order valence-electron chi connectivity index (χ3n) is 4.80. The number of hydrogen-bond acceptors (Lipinski definition) is 3. The minimum atomic E-state index is -0.237. The maximum absolute atomic E-state index is 9.63. The van der Waals surface area contributed by atoms with Crippen LogP contribution in [-0.4, -0.2) is 36.1 Å². The Morgan fingerprint density at radius 2 is 1.79 bits per heavy atom. The fourth-order valence-electron chi connectivity index (χ4n) is 3.58. The predicted molar refractivity (Wildman–Crippen MR) is 78.9 cm³/mol. The highest BCUT2D eigenvalue weighted by atomic mass is 15.2. The first-order chi connectivity index (χ1) is 9.28. The van der Waals surface area contributed by atoms with Crippen LogP contribution in [-0.2, 0) is 0 Å². The topological polar surface area (TPSA) is 39.1 Å². The van der Waals surface area contributed by atoms with E-state index in [1.165, 1.54) is 51.5 Å². The van der Waals surface area contributed by atoms with Crippen LogP contribution in [0.5, 0.6) is 0 Å². The molecule has 3 heteroatoms. The molecule has 1 saturated carbocycles. The van der Waals surface area contributed by atoms with Crippen LogP contribution in [0.1, 0.15) is 64.7 Å². The van der Waals surface area contributed by atoms with Crippen molar-refractivity contribution in [2.75, 3.05) is 19.6 Å². The molecule has 1 aliphatic heterocycles. The molecule has 3 nitrogen and oxygen atoms in total. The Hall–Kier alpha value is -0.590. The molecule has 108 valence electrons. The van der Waals surface area contributed by atoms with Crippen LogP contribution in [0.3, 0.4) is 0 Å². The predicted octanol–water partition coefficient (Wildman–Crippen LogP) is 3.07. The van der Waals surface area contributed by atoms with Gasteiger partial charge in [0.05, 0.1) is 6.07 Å². The maximum Gasteiger partial charge on any atom is 0.109 e. The molecule has 0 aromatic rings. The molecule has 0 aromatic heterocycles. The SMILES string of the molecule is CCCN1CCC(C#N)(NC2CCCCCC2)CC1. The summed E-state index contributed by atoms with van der Waals surface area (Å²) in [6, 6.07) is 3.19. The van der Waals surface area contributed by atoms with Crippen LogP contribution in [0.25, 0.3) is 0 Å². The van der Waals surface area contributed by atoms with Gasteiger partial charge in [-0.1, -0.05) is 32.6 Å². The average molecular weight is 263 g/mol. The first-order valence-electron chi connectivity index (χ1n) is 8.19. The van der Waals surface area contributed by atoms with Gasteiger partial charge in [0.15, 0.2) is 0 Å². The van der Waals surface area contributed by atoms with E-state index in [0.29, 0.717) is 6.04 Å². The Morgan fingerprint density at radius 1 is 1.16 bits per heavy atom. The number of piperidine rings is 1. The molecular weight excluding hydrogens is 234 g/mol. The van der Waals surface area contributed by atoms with E-state index in [4.69, 9.17) is 0 Å². The first-order valence-corrected chi connectivity index (χ1v) is 8.19. The largest absolute Gasteiger partial charge is 0.303 e. The van der Waals surface area contributed by atoms with Crippen molar-refractivity contribution < 1.29 is 0 Å². The monoisotopic (exact) mass is 263 g/mol. The molecule has 19 heavy (non-hydrogen) atoms. The molecule has 0 spiro atoms. The quantitative estimate of drug-likeness (QED) is 0.792. The molecule has 0 aromatic carbocycles. The number of nitrogens with zero attached hydrogens (tertiary/aromatic N) is 2. The maximum atomic E-state index is 9.63. The second-order valence-corrected chi connectivity index (χ2v) is 6.37. The Bertz CT molecular complexity index is 292. The third kappa shape index (κ3) is 4.19. The van der Waals surface area contributed by atoms with Gasteiger partial charge in [0.2, 0.25) is 0 Å². The van der Waals surface area contributed by atoms with Crippen LogP contribution in [0, 0.1) is 11.3 Å². The number of likely N-dealkylation sites (tertiary alicyclic amines) is 1. The second-order valence-electron chi connectivity index (χ2n) is 6.37. The zero-order valence-electron chi connectivity index (χ0n) is 12.5. The normalized spacial score (nSPS) is 25.7. The zero-order valence-corrected chi connectivity index (χ0v) is 12.5. The van der Waals surface area contributed by atoms with E-state index in [9.17, 15) is 5.26 Å². The lowest BCUT2D eigenvalue weighted by Gasteiger charge is -2.40. The molecule has 1 aliphatic carbocycles. The summed E-state index contributed by atoms with van der Waals surface area (Å²) in [7, 11) is 0. The van der Waals surface area contributed by atoms with Crippen molar-refractivity contribution >= 4 is 0 Å². The van der Waals surface area contributed by atoms with Gasteiger partial charge in [-0.3, -0.25) is 5.32 Å². The van der Waals surface area contributed by atoms with Gasteiger partial charge in [0.1, 0.15) is 5.54 Å². The van der Waals surface area contributed by atoms with Crippen molar-refractivity contribution in [1.82, 2.24) is 10.2 Å². The average Bonchev–Trinajstić information content (AvgIpc) is 2.70. The van der Waals surface area contributed by atoms with Crippen LogP contribution in [0.4, 0.5) is 0 Å². The Balaban J connectivity index is 1.87. The molecule has 0 atom stereocenters. The molecule has 0 unspecified atom stereocenters. The summed E-state index contributed by atoms with van der Waals surface area (Å²) in [6.45, 7) is 5.59. The standard InChI is InChI=1S/C16H29N3/c1-2-11-19-12-9-16(14-17,10-13-19)18-15-7-5-3-4-6-8-15/h15,18H,2-13H2,1H3. The summed E-state index contributed by atoms with van der Waals surface area (Å²) in [4.78, 5) is 2.50. The number of nitriles is 1. The molecule has 2 aliphatic rings. The van der Waals surface area contributed by atoms with E-state index in [1.54, 1.807) is 0 Å². The molecule has 0 radical (unpaired) electrons. The molecular formula is C16H29N3. The summed E-state index contributed by atoms with van der Waals surface area (Å²) in [5.41, 5.74) is -0.237. The molecule has 1 heterocycles. The van der Waals surface area contributed by atoms with Crippen LogP contribution >= 0.6 is 0 Å². The van der Waals surface area contributed by atoms with E-state index in [2.05, 4.69) is 23.2 Å². The molecule has 0 bridgehead atoms. The van der Waals surface area contributed by atoms with E-state index in [1.807, 2.05) is 0 Å². The number of hydrogen-bond donors (Lipinski definition) is 1. The Kier molecular flexibility index (Phi) is 5.66. The van der Waals surface area contributed by atoms with Crippen molar-refractivity contribution in [3.8, 4) is 6.07 Å². The van der Waals surface area contributed by atoms with Gasteiger partial charge in [-0.05, 0) is 38.6 Å². The van der Waals surface area contributed by atoms with Gasteiger partial charge in [0.25, 0.3) is 0 Å². The molecule has 2 fully saturated rings. The third-order valence-corrected chi connectivity index (χ3v) is 4.80. The van der Waals surface area contributed by atoms with Gasteiger partial charge in [-0.2, -0.15) is 5.26 Å². The van der Waals surface area contributed by atoms with Crippen LogP contribution in [0.2, 0.25) is 0 Å². The lowest BCUT2D eigenvalue weighted by atomic mass is 9.87. The van der Waals surface area contributed by atoms with Gasteiger partial charge >= 0.3 is 0 Å². The van der Waals surface area contributed by atoms with Crippen molar-refractivity contribution in [3.63, 3.8) is 0 Å². The first kappa shape index (κ1) is 14.8. The highest BCUT2D eigenvalue weighted by Crippen LogP contribution is 2.26. The highest BCUT2D eigenvalue weighted by molar-refractivity contribution is 5.10. The summed E-state index contributed by atoms with van der Waals surface area (Å²) < 4.78 is 0. The molecule has 1 saturated heterocycles. The van der Waals surface area contributed by atoms with Crippen molar-refractivity contribution in [2.45, 2.75) is 76.3 Å². The summed E-state index contributed by atoms with van der Waals surface area (Å²) >= 11 is 0. The van der Waals surface area contributed by atoms with Crippen LogP contribution < -0.4 is 5.32 Å². The van der Waals surface area contributed by atoms with Crippen molar-refractivity contribution in [1.29, 1.82) is 5.26 Å². The van der Waals surface area contributed by atoms with Gasteiger partial charge in [-0.15, -0.1) is 0 Å². The summed E-state index contributed by atoms with van der Waals surface area (Å²) in [5.74, 6) is 0. The number of nitrogens with one attached hydrogen (secondary N) is 1. The van der Waals surface area contributed by atoms with Crippen LogP contribution in [0.15, 0.2) is 0 Å². The van der Waals surface area contributed by atoms with E-state index in [0.717, 1.165) is 25.9 Å². The highest BCUT2D eigenvalue weighted by Gasteiger charge is 2.36. The molecule has 2 rings (SSSR count). The van der Waals surface area contributed by atoms with Crippen molar-refractivity contribution in [2.24, 2.45) is 0 Å². The lowest BCUT2D eigenvalue weighted by molar-refractivity contribution is 0.155. The molecule has 1 N–H and O–H groups in total. The Labute approximate surface area is 118 Å². The van der Waals surface area contributed by atoms with E-state index in [-0.39, 0.29) is 5.54 Å². The number of rotatable bonds is 4. The fraction of sp³-hybridized carbons (Fsp3) is 0.938. The van der Waals surface area contributed by atoms with Gasteiger partial charge < -0.3 is 4.90 Å². The summed E-state index contributed by atoms with van der Waals surface area (Å²) in [5, 5.41) is 13.4. The Morgan fingerprint density at radius 3 is 2.32 bits per heavy atom. The smallest absolute Gasteiger partial charge is 0.109 e. The van der Waals surface area contributed by atoms with Crippen molar-refractivity contribution in [3.05, 3.63) is 0 Å². The van der Waals surface area contributed by atoms with Gasteiger partial charge in [-0.25, -0.2) is 0 Å². The second kappa shape index (κ2) is 7.26.